The maximum Gasteiger partial charge on any atom is 0.258 e. The molecule has 6 heteroatoms. The number of rotatable bonds is 3. The van der Waals surface area contributed by atoms with E-state index in [-0.39, 0.29) is 0 Å². The number of aromatic nitrogens is 2. The highest BCUT2D eigenvalue weighted by atomic mass is 35.5. The van der Waals surface area contributed by atoms with Crippen molar-refractivity contribution in [1.29, 1.82) is 0 Å². The van der Waals surface area contributed by atoms with Crippen LogP contribution in [0, 0.1) is 0 Å². The van der Waals surface area contributed by atoms with Crippen LogP contribution >= 0.6 is 23.4 Å². The van der Waals surface area contributed by atoms with Crippen LogP contribution in [0.15, 0.2) is 51.9 Å². The average molecular weight is 318 g/mol. The van der Waals surface area contributed by atoms with Gasteiger partial charge in [0.05, 0.1) is 0 Å². The monoisotopic (exact) mass is 317 g/mol. The van der Waals surface area contributed by atoms with Crippen LogP contribution in [0.5, 0.6) is 0 Å². The first-order chi connectivity index (χ1) is 10.2. The molecule has 106 valence electrons. The van der Waals surface area contributed by atoms with E-state index >= 15 is 0 Å². The third-order valence-corrected chi connectivity index (χ3v) is 3.90. The van der Waals surface area contributed by atoms with E-state index in [9.17, 15) is 0 Å². The Morgan fingerprint density at radius 2 is 1.86 bits per heavy atom. The summed E-state index contributed by atoms with van der Waals surface area (Å²) in [7, 11) is 0. The first kappa shape index (κ1) is 14.0. The molecule has 1 aromatic heterocycles. The Hall–Kier alpha value is -1.98. The van der Waals surface area contributed by atoms with Gasteiger partial charge in [-0.05, 0) is 48.7 Å². The largest absolute Gasteiger partial charge is 0.399 e. The summed E-state index contributed by atoms with van der Waals surface area (Å²) in [6.45, 7) is 0. The molecular weight excluding hydrogens is 306 g/mol. The van der Waals surface area contributed by atoms with Gasteiger partial charge in [-0.1, -0.05) is 16.8 Å². The molecule has 3 rings (SSSR count). The Morgan fingerprint density at radius 3 is 2.52 bits per heavy atom. The van der Waals surface area contributed by atoms with Gasteiger partial charge in [0.15, 0.2) is 0 Å². The summed E-state index contributed by atoms with van der Waals surface area (Å²) in [5.41, 5.74) is 7.94. The summed E-state index contributed by atoms with van der Waals surface area (Å²) in [5.74, 6) is 0.935. The van der Waals surface area contributed by atoms with Crippen molar-refractivity contribution >= 4 is 29.1 Å². The molecule has 2 aromatic carbocycles. The summed E-state index contributed by atoms with van der Waals surface area (Å²) in [6, 6.07) is 13.1. The molecule has 0 saturated heterocycles. The van der Waals surface area contributed by atoms with Gasteiger partial charge in [-0.15, -0.1) is 11.8 Å². The lowest BCUT2D eigenvalue weighted by atomic mass is 10.2. The Kier molecular flexibility index (Phi) is 3.86. The Balaban J connectivity index is 1.95. The molecule has 0 spiro atoms. The van der Waals surface area contributed by atoms with E-state index in [1.54, 1.807) is 30.0 Å². The number of nitrogens with two attached hydrogens (primary N) is 1. The molecule has 21 heavy (non-hydrogen) atoms. The van der Waals surface area contributed by atoms with Crippen LogP contribution in [0.25, 0.3) is 22.8 Å². The molecule has 0 aliphatic carbocycles. The highest BCUT2D eigenvalue weighted by Gasteiger charge is 2.11. The van der Waals surface area contributed by atoms with E-state index in [0.29, 0.717) is 28.0 Å². The molecule has 0 atom stereocenters. The van der Waals surface area contributed by atoms with Crippen LogP contribution in [0.1, 0.15) is 0 Å². The summed E-state index contributed by atoms with van der Waals surface area (Å²) in [5, 5.41) is 4.54. The van der Waals surface area contributed by atoms with Crippen molar-refractivity contribution in [3.63, 3.8) is 0 Å². The maximum atomic E-state index is 5.99. The SMILES string of the molecule is CSc1ccc(-c2noc(-c3cc(N)cc(Cl)c3)n2)cc1. The first-order valence-corrected chi connectivity index (χ1v) is 7.80. The number of halogens is 1. The minimum atomic E-state index is 0.396. The summed E-state index contributed by atoms with van der Waals surface area (Å²) >= 11 is 7.67. The molecule has 2 N–H and O–H groups in total. The van der Waals surface area contributed by atoms with Crippen molar-refractivity contribution in [3.05, 3.63) is 47.5 Å². The van der Waals surface area contributed by atoms with E-state index in [1.165, 1.54) is 4.90 Å². The average Bonchev–Trinajstić information content (AvgIpc) is 2.96. The predicted molar refractivity (Wildman–Crippen MR) is 86.4 cm³/mol. The molecule has 1 heterocycles. The second-order valence-corrected chi connectivity index (χ2v) is 5.74. The Morgan fingerprint density at radius 1 is 1.10 bits per heavy atom. The third kappa shape index (κ3) is 3.04. The van der Waals surface area contributed by atoms with Gasteiger partial charge in [0.2, 0.25) is 5.82 Å². The van der Waals surface area contributed by atoms with Gasteiger partial charge in [0.25, 0.3) is 5.89 Å². The van der Waals surface area contributed by atoms with Gasteiger partial charge >= 0.3 is 0 Å². The summed E-state index contributed by atoms with van der Waals surface area (Å²) in [4.78, 5) is 5.57. The van der Waals surface area contributed by atoms with Crippen molar-refractivity contribution in [3.8, 4) is 22.8 Å². The van der Waals surface area contributed by atoms with Crippen molar-refractivity contribution in [1.82, 2.24) is 10.1 Å². The molecule has 0 aliphatic heterocycles. The molecule has 0 aliphatic rings. The number of anilines is 1. The fraction of sp³-hybridized carbons (Fsp3) is 0.0667. The lowest BCUT2D eigenvalue weighted by molar-refractivity contribution is 0.432. The Labute approximate surface area is 131 Å². The number of benzene rings is 2. The van der Waals surface area contributed by atoms with Crippen molar-refractivity contribution < 1.29 is 4.52 Å². The minimum absolute atomic E-state index is 0.396. The Bertz CT molecular complexity index is 751. The zero-order chi connectivity index (χ0) is 14.8. The molecule has 3 aromatic rings. The third-order valence-electron chi connectivity index (χ3n) is 2.94. The molecule has 4 nitrogen and oxygen atoms in total. The lowest BCUT2D eigenvalue weighted by Crippen LogP contribution is -1.86. The predicted octanol–water partition coefficient (Wildman–Crippen LogP) is 4.36. The van der Waals surface area contributed by atoms with Crippen LogP contribution < -0.4 is 5.73 Å². The summed E-state index contributed by atoms with van der Waals surface area (Å²) in [6.07, 6.45) is 2.03. The molecule has 0 fully saturated rings. The van der Waals surface area contributed by atoms with Gasteiger partial charge in [0, 0.05) is 26.7 Å². The fourth-order valence-electron chi connectivity index (χ4n) is 1.93. The van der Waals surface area contributed by atoms with Gasteiger partial charge in [0.1, 0.15) is 0 Å². The molecular formula is C15H12ClN3OS. The lowest BCUT2D eigenvalue weighted by Gasteiger charge is -1.98. The van der Waals surface area contributed by atoms with Crippen LogP contribution in [0.3, 0.4) is 0 Å². The molecule has 0 bridgehead atoms. The van der Waals surface area contributed by atoms with Crippen molar-refractivity contribution in [2.75, 3.05) is 12.0 Å². The molecule has 0 saturated carbocycles. The zero-order valence-electron chi connectivity index (χ0n) is 11.2. The standard InChI is InChI=1S/C15H12ClN3OS/c1-21-13-4-2-9(3-5-13)14-18-15(20-19-14)10-6-11(16)8-12(17)7-10/h2-8H,17H2,1H3. The second kappa shape index (κ2) is 5.79. The van der Waals surface area contributed by atoms with E-state index < -0.39 is 0 Å². The van der Waals surface area contributed by atoms with E-state index in [1.807, 2.05) is 30.5 Å². The number of nitrogen functional groups attached to an aromatic ring is 1. The molecule has 0 unspecified atom stereocenters. The van der Waals surface area contributed by atoms with Crippen LogP contribution in [0.4, 0.5) is 5.69 Å². The smallest absolute Gasteiger partial charge is 0.258 e. The normalized spacial score (nSPS) is 10.8. The van der Waals surface area contributed by atoms with Crippen molar-refractivity contribution in [2.45, 2.75) is 4.90 Å². The molecule has 0 amide bonds. The van der Waals surface area contributed by atoms with Gasteiger partial charge < -0.3 is 10.3 Å². The zero-order valence-corrected chi connectivity index (χ0v) is 12.8. The van der Waals surface area contributed by atoms with E-state index in [2.05, 4.69) is 10.1 Å². The second-order valence-electron chi connectivity index (χ2n) is 4.42. The minimum Gasteiger partial charge on any atom is -0.399 e. The fourth-order valence-corrected chi connectivity index (χ4v) is 2.59. The van der Waals surface area contributed by atoms with Crippen LogP contribution in [-0.4, -0.2) is 16.4 Å². The number of hydrogen-bond donors (Lipinski definition) is 1. The number of hydrogen-bond acceptors (Lipinski definition) is 5. The van der Waals surface area contributed by atoms with Gasteiger partial charge in [-0.25, -0.2) is 0 Å². The van der Waals surface area contributed by atoms with Crippen molar-refractivity contribution in [2.24, 2.45) is 0 Å². The quantitative estimate of drug-likeness (QED) is 0.574. The molecule has 0 radical (unpaired) electrons. The summed E-state index contributed by atoms with van der Waals surface area (Å²) < 4.78 is 5.29. The van der Waals surface area contributed by atoms with Crippen LogP contribution in [0.2, 0.25) is 5.02 Å². The highest BCUT2D eigenvalue weighted by Crippen LogP contribution is 2.27. The topological polar surface area (TPSA) is 64.9 Å². The van der Waals surface area contributed by atoms with Gasteiger partial charge in [-0.2, -0.15) is 4.98 Å². The first-order valence-electron chi connectivity index (χ1n) is 6.20. The van der Waals surface area contributed by atoms with E-state index in [0.717, 1.165) is 5.56 Å². The highest BCUT2D eigenvalue weighted by molar-refractivity contribution is 7.98. The van der Waals surface area contributed by atoms with Crippen LogP contribution in [-0.2, 0) is 0 Å². The maximum absolute atomic E-state index is 5.99. The van der Waals surface area contributed by atoms with E-state index in [4.69, 9.17) is 21.9 Å². The number of nitrogens with zero attached hydrogens (tertiary/aromatic N) is 2. The van der Waals surface area contributed by atoms with Gasteiger partial charge in [-0.3, -0.25) is 0 Å². The number of thioether (sulfide) groups is 1.